The number of pyridine rings is 2. The second-order valence-corrected chi connectivity index (χ2v) is 8.18. The summed E-state index contributed by atoms with van der Waals surface area (Å²) in [5.41, 5.74) is 2.40. The van der Waals surface area contributed by atoms with Crippen LogP contribution >= 0.6 is 0 Å². The fourth-order valence-corrected chi connectivity index (χ4v) is 4.13. The molecule has 7 heteroatoms. The molecule has 0 saturated heterocycles. The molecule has 5 aromatic rings. The molecule has 0 radical (unpaired) electrons. The lowest BCUT2D eigenvalue weighted by atomic mass is 10.0. The predicted octanol–water partition coefficient (Wildman–Crippen LogP) is 6.41. The molecule has 0 spiro atoms. The summed E-state index contributed by atoms with van der Waals surface area (Å²) in [4.78, 5) is 21.7. The van der Waals surface area contributed by atoms with Gasteiger partial charge in [0.1, 0.15) is 17.3 Å². The SMILES string of the molecule is CCc1ccnc(NC(=O)c2cccc3cc(Oc4ccnc5cc(OC)c(OC)cc45)ccc23)c1. The van der Waals surface area contributed by atoms with Crippen molar-refractivity contribution in [3.8, 4) is 23.0 Å². The molecule has 180 valence electrons. The maximum atomic E-state index is 13.1. The Morgan fingerprint density at radius 3 is 2.44 bits per heavy atom. The molecule has 1 amide bonds. The number of anilines is 1. The van der Waals surface area contributed by atoms with Gasteiger partial charge in [-0.25, -0.2) is 4.98 Å². The summed E-state index contributed by atoms with van der Waals surface area (Å²) in [6.07, 6.45) is 4.26. The van der Waals surface area contributed by atoms with Gasteiger partial charge in [-0.15, -0.1) is 0 Å². The van der Waals surface area contributed by atoms with E-state index in [2.05, 4.69) is 22.2 Å². The number of amides is 1. The second-order valence-electron chi connectivity index (χ2n) is 8.18. The van der Waals surface area contributed by atoms with E-state index in [1.807, 2.05) is 54.6 Å². The van der Waals surface area contributed by atoms with Crippen molar-refractivity contribution >= 4 is 33.4 Å². The molecule has 7 nitrogen and oxygen atoms in total. The molecule has 5 rings (SSSR count). The van der Waals surface area contributed by atoms with Crippen molar-refractivity contribution in [3.05, 3.63) is 90.3 Å². The van der Waals surface area contributed by atoms with E-state index >= 15 is 0 Å². The molecule has 2 heterocycles. The summed E-state index contributed by atoms with van der Waals surface area (Å²) in [5.74, 6) is 2.79. The smallest absolute Gasteiger partial charge is 0.257 e. The van der Waals surface area contributed by atoms with Crippen LogP contribution in [-0.4, -0.2) is 30.1 Å². The molecule has 1 N–H and O–H groups in total. The lowest BCUT2D eigenvalue weighted by molar-refractivity contribution is 0.102. The van der Waals surface area contributed by atoms with Crippen molar-refractivity contribution < 1.29 is 19.0 Å². The minimum atomic E-state index is -0.212. The zero-order valence-corrected chi connectivity index (χ0v) is 20.2. The van der Waals surface area contributed by atoms with Crippen molar-refractivity contribution in [3.63, 3.8) is 0 Å². The number of carbonyl (C=O) groups is 1. The molecule has 0 atom stereocenters. The van der Waals surface area contributed by atoms with Gasteiger partial charge in [0, 0.05) is 29.4 Å². The van der Waals surface area contributed by atoms with Gasteiger partial charge in [0.15, 0.2) is 11.5 Å². The molecule has 0 aliphatic rings. The highest BCUT2D eigenvalue weighted by Gasteiger charge is 2.14. The summed E-state index contributed by atoms with van der Waals surface area (Å²) < 4.78 is 17.1. The van der Waals surface area contributed by atoms with Gasteiger partial charge in [-0.3, -0.25) is 9.78 Å². The van der Waals surface area contributed by atoms with Gasteiger partial charge >= 0.3 is 0 Å². The standard InChI is InChI=1S/C29H25N3O4/c1-4-18-10-12-31-28(14-18)32-29(33)22-7-5-6-19-15-20(8-9-21(19)22)36-25-11-13-30-24-17-27(35-3)26(34-2)16-23(24)25/h5-17H,4H2,1-3H3,(H,31,32,33). The van der Waals surface area contributed by atoms with Gasteiger partial charge in [-0.05, 0) is 71.3 Å². The second kappa shape index (κ2) is 9.92. The van der Waals surface area contributed by atoms with Crippen LogP contribution < -0.4 is 19.5 Å². The number of hydrogen-bond acceptors (Lipinski definition) is 6. The summed E-state index contributed by atoms with van der Waals surface area (Å²) in [6.45, 7) is 2.06. The normalized spacial score (nSPS) is 10.9. The highest BCUT2D eigenvalue weighted by Crippen LogP contribution is 2.37. The highest BCUT2D eigenvalue weighted by atomic mass is 16.5. The van der Waals surface area contributed by atoms with E-state index < -0.39 is 0 Å². The number of carbonyl (C=O) groups excluding carboxylic acids is 1. The average Bonchev–Trinajstić information content (AvgIpc) is 2.92. The van der Waals surface area contributed by atoms with Crippen LogP contribution in [0.15, 0.2) is 79.1 Å². The number of aryl methyl sites for hydroxylation is 1. The first-order chi connectivity index (χ1) is 17.6. The number of benzene rings is 3. The van der Waals surface area contributed by atoms with Crippen molar-refractivity contribution in [2.45, 2.75) is 13.3 Å². The number of ether oxygens (including phenoxy) is 3. The molecular weight excluding hydrogens is 454 g/mol. The molecule has 0 aliphatic heterocycles. The van der Waals surface area contributed by atoms with Gasteiger partial charge in [0.2, 0.25) is 0 Å². The van der Waals surface area contributed by atoms with E-state index in [9.17, 15) is 4.79 Å². The summed E-state index contributed by atoms with van der Waals surface area (Å²) in [6, 6.07) is 20.6. The van der Waals surface area contributed by atoms with E-state index in [1.165, 1.54) is 0 Å². The first kappa shape index (κ1) is 23.1. The first-order valence-electron chi connectivity index (χ1n) is 11.6. The zero-order valence-electron chi connectivity index (χ0n) is 20.2. The van der Waals surface area contributed by atoms with E-state index in [0.29, 0.717) is 34.4 Å². The van der Waals surface area contributed by atoms with Crippen molar-refractivity contribution in [1.29, 1.82) is 0 Å². The molecule has 0 fully saturated rings. The van der Waals surface area contributed by atoms with Crippen LogP contribution in [0.25, 0.3) is 21.7 Å². The Bertz CT molecular complexity index is 1580. The third kappa shape index (κ3) is 4.51. The number of aromatic nitrogens is 2. The van der Waals surface area contributed by atoms with E-state index in [4.69, 9.17) is 14.2 Å². The van der Waals surface area contributed by atoms with Crippen LogP contribution in [0.5, 0.6) is 23.0 Å². The summed E-state index contributed by atoms with van der Waals surface area (Å²) in [7, 11) is 3.18. The number of rotatable bonds is 7. The topological polar surface area (TPSA) is 82.6 Å². The molecule has 2 aromatic heterocycles. The molecule has 0 saturated carbocycles. The van der Waals surface area contributed by atoms with Gasteiger partial charge in [-0.2, -0.15) is 0 Å². The largest absolute Gasteiger partial charge is 0.493 e. The van der Waals surface area contributed by atoms with Crippen molar-refractivity contribution in [2.24, 2.45) is 0 Å². The zero-order chi connectivity index (χ0) is 25.1. The number of hydrogen-bond donors (Lipinski definition) is 1. The van der Waals surface area contributed by atoms with Crippen LogP contribution in [0.4, 0.5) is 5.82 Å². The number of fused-ring (bicyclic) bond motifs is 2. The van der Waals surface area contributed by atoms with E-state index in [-0.39, 0.29) is 5.91 Å². The maximum absolute atomic E-state index is 13.1. The van der Waals surface area contributed by atoms with Crippen LogP contribution in [-0.2, 0) is 6.42 Å². The molecule has 0 bridgehead atoms. The molecule has 0 aliphatic carbocycles. The Kier molecular flexibility index (Phi) is 6.36. The van der Waals surface area contributed by atoms with E-state index in [0.717, 1.165) is 33.7 Å². The Morgan fingerprint density at radius 1 is 0.833 bits per heavy atom. The van der Waals surface area contributed by atoms with Crippen molar-refractivity contribution in [1.82, 2.24) is 9.97 Å². The number of nitrogens with one attached hydrogen (secondary N) is 1. The lowest BCUT2D eigenvalue weighted by Crippen LogP contribution is -2.13. The fraction of sp³-hybridized carbons (Fsp3) is 0.138. The molecular formula is C29H25N3O4. The van der Waals surface area contributed by atoms with E-state index in [1.54, 1.807) is 38.7 Å². The van der Waals surface area contributed by atoms with Gasteiger partial charge in [0.25, 0.3) is 5.91 Å². The molecule has 0 unspecified atom stereocenters. The third-order valence-corrected chi connectivity index (χ3v) is 6.01. The van der Waals surface area contributed by atoms with Gasteiger partial charge < -0.3 is 19.5 Å². The Hall–Kier alpha value is -4.65. The number of nitrogens with zero attached hydrogens (tertiary/aromatic N) is 2. The average molecular weight is 480 g/mol. The minimum absolute atomic E-state index is 0.212. The van der Waals surface area contributed by atoms with Crippen LogP contribution in [0, 0.1) is 0 Å². The minimum Gasteiger partial charge on any atom is -0.493 e. The molecule has 3 aromatic carbocycles. The Labute approximate surface area is 208 Å². The van der Waals surface area contributed by atoms with Crippen LogP contribution in [0.2, 0.25) is 0 Å². The maximum Gasteiger partial charge on any atom is 0.257 e. The van der Waals surface area contributed by atoms with Crippen LogP contribution in [0.1, 0.15) is 22.8 Å². The lowest BCUT2D eigenvalue weighted by Gasteiger charge is -2.13. The first-order valence-corrected chi connectivity index (χ1v) is 11.6. The Morgan fingerprint density at radius 2 is 1.64 bits per heavy atom. The third-order valence-electron chi connectivity index (χ3n) is 6.01. The van der Waals surface area contributed by atoms with Crippen molar-refractivity contribution in [2.75, 3.05) is 19.5 Å². The quantitative estimate of drug-likeness (QED) is 0.291. The Balaban J connectivity index is 1.46. The predicted molar refractivity (Wildman–Crippen MR) is 140 cm³/mol. The van der Waals surface area contributed by atoms with Crippen LogP contribution in [0.3, 0.4) is 0 Å². The molecule has 36 heavy (non-hydrogen) atoms. The fourth-order valence-electron chi connectivity index (χ4n) is 4.13. The highest BCUT2D eigenvalue weighted by molar-refractivity contribution is 6.12. The summed E-state index contributed by atoms with van der Waals surface area (Å²) in [5, 5.41) is 5.41. The number of methoxy groups -OCH3 is 2. The monoisotopic (exact) mass is 479 g/mol. The summed E-state index contributed by atoms with van der Waals surface area (Å²) >= 11 is 0. The van der Waals surface area contributed by atoms with Gasteiger partial charge in [-0.1, -0.05) is 19.1 Å². The van der Waals surface area contributed by atoms with Gasteiger partial charge in [0.05, 0.1) is 19.7 Å².